The van der Waals surface area contributed by atoms with Crippen molar-refractivity contribution in [3.05, 3.63) is 144 Å². The fraction of sp³-hybridized carbons (Fsp3) is 0.227. The average Bonchev–Trinajstić information content (AvgIpc) is 3.56. The smallest absolute Gasteiger partial charge is 0.0566 e. The third-order valence-corrected chi connectivity index (χ3v) is 9.98. The monoisotopic (exact) mass is 598 g/mol. The zero-order chi connectivity index (χ0) is 31.8. The van der Waals surface area contributed by atoms with Crippen molar-refractivity contribution in [3.63, 3.8) is 0 Å². The van der Waals surface area contributed by atoms with Crippen LogP contribution in [-0.2, 0) is 10.8 Å². The first-order valence-electron chi connectivity index (χ1n) is 16.6. The summed E-state index contributed by atoms with van der Waals surface area (Å²) in [6.07, 6.45) is 7.86. The second-order valence-corrected chi connectivity index (χ2v) is 15.1. The van der Waals surface area contributed by atoms with Gasteiger partial charge in [0.2, 0.25) is 0 Å². The number of hydrogen-bond acceptors (Lipinski definition) is 0. The predicted molar refractivity (Wildman–Crippen MR) is 198 cm³/mol. The van der Waals surface area contributed by atoms with Crippen LogP contribution < -0.4 is 0 Å². The van der Waals surface area contributed by atoms with Crippen molar-refractivity contribution in [1.29, 1.82) is 0 Å². The van der Waals surface area contributed by atoms with Crippen LogP contribution in [-0.4, -0.2) is 9.13 Å². The molecule has 0 radical (unpaired) electrons. The summed E-state index contributed by atoms with van der Waals surface area (Å²) in [4.78, 5) is 0. The van der Waals surface area contributed by atoms with Crippen LogP contribution in [0.15, 0.2) is 127 Å². The summed E-state index contributed by atoms with van der Waals surface area (Å²) >= 11 is 0. The molecule has 0 bridgehead atoms. The highest BCUT2D eigenvalue weighted by Gasteiger charge is 2.23. The first-order valence-corrected chi connectivity index (χ1v) is 16.6. The van der Waals surface area contributed by atoms with Crippen LogP contribution in [0, 0.1) is 0 Å². The lowest BCUT2D eigenvalue weighted by Gasteiger charge is -2.23. The first-order chi connectivity index (χ1) is 22.1. The van der Waals surface area contributed by atoms with Crippen molar-refractivity contribution in [2.24, 2.45) is 0 Å². The van der Waals surface area contributed by atoms with Crippen LogP contribution in [0.2, 0.25) is 0 Å². The van der Waals surface area contributed by atoms with Gasteiger partial charge in [-0.05, 0) is 88.0 Å². The molecule has 8 rings (SSSR count). The third-order valence-electron chi connectivity index (χ3n) is 9.98. The quantitative estimate of drug-likeness (QED) is 0.191. The van der Waals surface area contributed by atoms with E-state index in [2.05, 4.69) is 178 Å². The molecule has 0 amide bonds. The van der Waals surface area contributed by atoms with Crippen molar-refractivity contribution >= 4 is 49.2 Å². The number of allylic oxidation sites excluding steroid dienone is 4. The fourth-order valence-corrected chi connectivity index (χ4v) is 7.44. The molecule has 1 unspecified atom stereocenters. The zero-order valence-electron chi connectivity index (χ0n) is 27.8. The number of aromatic nitrogens is 2. The van der Waals surface area contributed by atoms with E-state index in [1.54, 1.807) is 0 Å². The summed E-state index contributed by atoms with van der Waals surface area (Å²) in [5.74, 6) is 0. The second-order valence-electron chi connectivity index (χ2n) is 15.1. The highest BCUT2D eigenvalue weighted by molar-refractivity contribution is 6.10. The molecule has 2 heteroatoms. The van der Waals surface area contributed by atoms with Gasteiger partial charge in [0.15, 0.2) is 0 Å². The Morgan fingerprint density at radius 3 is 1.67 bits per heavy atom. The van der Waals surface area contributed by atoms with E-state index in [1.807, 2.05) is 0 Å². The third kappa shape index (κ3) is 4.62. The van der Waals surface area contributed by atoms with Crippen molar-refractivity contribution in [1.82, 2.24) is 9.13 Å². The molecule has 0 spiro atoms. The van der Waals surface area contributed by atoms with Crippen LogP contribution in [0.4, 0.5) is 0 Å². The molecule has 0 saturated carbocycles. The summed E-state index contributed by atoms with van der Waals surface area (Å²) in [5.41, 5.74) is 11.8. The number of fused-ring (bicyclic) bond motifs is 6. The molecule has 2 nitrogen and oxygen atoms in total. The van der Waals surface area contributed by atoms with Crippen molar-refractivity contribution < 1.29 is 0 Å². The van der Waals surface area contributed by atoms with Gasteiger partial charge in [-0.25, -0.2) is 0 Å². The van der Waals surface area contributed by atoms with Gasteiger partial charge >= 0.3 is 0 Å². The molecule has 7 aromatic rings. The molecule has 5 aromatic carbocycles. The highest BCUT2D eigenvalue weighted by Crippen LogP contribution is 2.40. The lowest BCUT2D eigenvalue weighted by molar-refractivity contribution is 0.590. The summed E-state index contributed by atoms with van der Waals surface area (Å²) in [7, 11) is 0. The van der Waals surface area contributed by atoms with Gasteiger partial charge < -0.3 is 9.13 Å². The van der Waals surface area contributed by atoms with Gasteiger partial charge in [-0.15, -0.1) is 0 Å². The molecule has 1 aliphatic rings. The van der Waals surface area contributed by atoms with Crippen molar-refractivity contribution in [3.8, 4) is 5.69 Å². The molecule has 2 aromatic heterocycles. The van der Waals surface area contributed by atoms with E-state index in [9.17, 15) is 0 Å². The maximum Gasteiger partial charge on any atom is 0.0566 e. The maximum absolute atomic E-state index is 2.53. The molecule has 1 aliphatic carbocycles. The van der Waals surface area contributed by atoms with Crippen LogP contribution in [0.1, 0.15) is 70.7 Å². The molecule has 0 saturated heterocycles. The van der Waals surface area contributed by atoms with Gasteiger partial charge in [-0.1, -0.05) is 120 Å². The molecule has 46 heavy (non-hydrogen) atoms. The van der Waals surface area contributed by atoms with Crippen LogP contribution >= 0.6 is 0 Å². The number of para-hydroxylation sites is 2. The standard InChI is InChI=1S/C44H42N2/c1-43(2,3)31-21-23-41-37(27-31)38-28-32(44(4,5)6)22-24-42(38)46(41)34-16-12-14-30(26-34)29-13-11-15-33(25-29)45-39-19-9-7-17-35(39)36-18-8-10-20-40(36)45/h7-24,26-28,33H,25H2,1-6H3. The fourth-order valence-electron chi connectivity index (χ4n) is 7.44. The predicted octanol–water partition coefficient (Wildman–Crippen LogP) is 12.1. The lowest BCUT2D eigenvalue weighted by atomic mass is 9.85. The summed E-state index contributed by atoms with van der Waals surface area (Å²) in [5, 5.41) is 5.29. The summed E-state index contributed by atoms with van der Waals surface area (Å²) in [6.45, 7) is 13.8. The zero-order valence-corrected chi connectivity index (χ0v) is 27.8. The molecular formula is C44H42N2. The van der Waals surface area contributed by atoms with E-state index in [0.717, 1.165) is 6.42 Å². The van der Waals surface area contributed by atoms with Crippen molar-refractivity contribution in [2.75, 3.05) is 0 Å². The van der Waals surface area contributed by atoms with E-state index in [0.29, 0.717) is 0 Å². The van der Waals surface area contributed by atoms with Gasteiger partial charge in [0.25, 0.3) is 0 Å². The van der Waals surface area contributed by atoms with Gasteiger partial charge in [-0.2, -0.15) is 0 Å². The molecule has 2 heterocycles. The van der Waals surface area contributed by atoms with Gasteiger partial charge in [0, 0.05) is 38.3 Å². The molecule has 0 fully saturated rings. The lowest BCUT2D eigenvalue weighted by Crippen LogP contribution is -2.10. The minimum Gasteiger partial charge on any atom is -0.333 e. The maximum atomic E-state index is 2.53. The Morgan fingerprint density at radius 2 is 1.11 bits per heavy atom. The van der Waals surface area contributed by atoms with E-state index in [4.69, 9.17) is 0 Å². The number of hydrogen-bond donors (Lipinski definition) is 0. The van der Waals surface area contributed by atoms with Crippen LogP contribution in [0.3, 0.4) is 0 Å². The first kappa shape index (κ1) is 28.6. The Labute approximate surface area is 272 Å². The van der Waals surface area contributed by atoms with Crippen LogP contribution in [0.5, 0.6) is 0 Å². The second kappa shape index (κ2) is 10.4. The molecule has 0 N–H and O–H groups in total. The normalized spacial score (nSPS) is 15.8. The Bertz CT molecular complexity index is 2230. The topological polar surface area (TPSA) is 9.86 Å². The van der Waals surface area contributed by atoms with E-state index < -0.39 is 0 Å². The van der Waals surface area contributed by atoms with E-state index >= 15 is 0 Å². The summed E-state index contributed by atoms with van der Waals surface area (Å²) < 4.78 is 5.00. The van der Waals surface area contributed by atoms with Gasteiger partial charge in [-0.3, -0.25) is 0 Å². The molecular weight excluding hydrogens is 556 g/mol. The molecule has 228 valence electrons. The SMILES string of the molecule is CC(C)(C)c1ccc2c(c1)c1cc(C(C)(C)C)ccc1n2-c1cccc(C2=CC=CC(n3c4ccccc4c4ccccc43)C2)c1. The number of nitrogens with zero attached hydrogens (tertiary/aromatic N) is 2. The Balaban J connectivity index is 1.24. The largest absolute Gasteiger partial charge is 0.333 e. The Morgan fingerprint density at radius 1 is 0.543 bits per heavy atom. The van der Waals surface area contributed by atoms with Crippen LogP contribution in [0.25, 0.3) is 54.9 Å². The van der Waals surface area contributed by atoms with E-state index in [1.165, 1.54) is 71.6 Å². The van der Waals surface area contributed by atoms with E-state index in [-0.39, 0.29) is 16.9 Å². The molecule has 0 aliphatic heterocycles. The Kier molecular flexibility index (Phi) is 6.45. The van der Waals surface area contributed by atoms with Gasteiger partial charge in [0.05, 0.1) is 17.1 Å². The molecule has 1 atom stereocenters. The number of benzene rings is 5. The highest BCUT2D eigenvalue weighted by atomic mass is 15.0. The Hall–Kier alpha value is -4.82. The summed E-state index contributed by atoms with van der Waals surface area (Å²) in [6, 6.07) is 41.2. The van der Waals surface area contributed by atoms with Crippen molar-refractivity contribution in [2.45, 2.75) is 64.8 Å². The van der Waals surface area contributed by atoms with Gasteiger partial charge in [0.1, 0.15) is 0 Å². The number of rotatable bonds is 3. The average molecular weight is 599 g/mol. The minimum absolute atomic E-state index is 0.0814. The minimum atomic E-state index is 0.0814.